The van der Waals surface area contributed by atoms with Crippen LogP contribution in [0.25, 0.3) is 10.8 Å². The van der Waals surface area contributed by atoms with Gasteiger partial charge in [-0.3, -0.25) is 4.90 Å². The molecule has 0 saturated heterocycles. The lowest BCUT2D eigenvalue weighted by Gasteiger charge is -2.29. The number of rotatable bonds is 7. The molecule has 0 aliphatic heterocycles. The quantitative estimate of drug-likeness (QED) is 0.680. The average molecular weight is 333 g/mol. The normalized spacial score (nSPS) is 12.8. The van der Waals surface area contributed by atoms with E-state index in [9.17, 15) is 5.11 Å². The van der Waals surface area contributed by atoms with Crippen LogP contribution in [0.2, 0.25) is 0 Å². The molecule has 130 valence electrons. The lowest BCUT2D eigenvalue weighted by atomic mass is 9.99. The topological polar surface area (TPSA) is 23.5 Å². The third-order valence-corrected chi connectivity index (χ3v) is 4.74. The highest BCUT2D eigenvalue weighted by atomic mass is 16.3. The van der Waals surface area contributed by atoms with Crippen LogP contribution in [-0.2, 0) is 13.0 Å². The summed E-state index contributed by atoms with van der Waals surface area (Å²) in [6.45, 7) is 5.92. The molecule has 1 N–H and O–H groups in total. The smallest absolute Gasteiger partial charge is 0.0707 e. The van der Waals surface area contributed by atoms with Gasteiger partial charge in [0.15, 0.2) is 0 Å². The van der Waals surface area contributed by atoms with E-state index in [0.717, 1.165) is 6.54 Å². The van der Waals surface area contributed by atoms with Crippen molar-refractivity contribution in [1.29, 1.82) is 0 Å². The van der Waals surface area contributed by atoms with Crippen LogP contribution in [0.5, 0.6) is 0 Å². The van der Waals surface area contributed by atoms with Crippen LogP contribution in [0.4, 0.5) is 0 Å². The van der Waals surface area contributed by atoms with Gasteiger partial charge in [-0.25, -0.2) is 0 Å². The minimum absolute atomic E-state index is 0.378. The van der Waals surface area contributed by atoms with Gasteiger partial charge in [0, 0.05) is 25.6 Å². The Bertz CT molecular complexity index is 792. The van der Waals surface area contributed by atoms with E-state index in [0.29, 0.717) is 19.0 Å². The lowest BCUT2D eigenvalue weighted by molar-refractivity contribution is 0.0910. The average Bonchev–Trinajstić information content (AvgIpc) is 2.62. The van der Waals surface area contributed by atoms with Crippen molar-refractivity contribution >= 4 is 10.8 Å². The molecule has 0 amide bonds. The standard InChI is InChI=1S/C23H27NO/c1-18(2)24(16-19-9-4-3-5-10-19)17-22(25)15-21-13-8-12-20-11-6-7-14-23(20)21/h3-14,18,22,25H,15-17H2,1-2H3. The van der Waals surface area contributed by atoms with Crippen molar-refractivity contribution in [2.24, 2.45) is 0 Å². The molecule has 3 aromatic carbocycles. The van der Waals surface area contributed by atoms with Crippen LogP contribution in [0.15, 0.2) is 72.8 Å². The Morgan fingerprint density at radius 2 is 1.52 bits per heavy atom. The first-order chi connectivity index (χ1) is 12.1. The van der Waals surface area contributed by atoms with Crippen molar-refractivity contribution in [3.8, 4) is 0 Å². The zero-order valence-corrected chi connectivity index (χ0v) is 15.1. The predicted molar refractivity (Wildman–Crippen MR) is 106 cm³/mol. The molecule has 0 bridgehead atoms. The minimum Gasteiger partial charge on any atom is -0.391 e. The maximum absolute atomic E-state index is 10.7. The van der Waals surface area contributed by atoms with Crippen molar-refractivity contribution in [2.75, 3.05) is 6.54 Å². The SMILES string of the molecule is CC(C)N(Cc1ccccc1)CC(O)Cc1cccc2ccccc12. The first kappa shape index (κ1) is 17.7. The molecular weight excluding hydrogens is 306 g/mol. The summed E-state index contributed by atoms with van der Waals surface area (Å²) in [5.74, 6) is 0. The van der Waals surface area contributed by atoms with E-state index in [1.807, 2.05) is 6.07 Å². The molecule has 0 aliphatic carbocycles. The Morgan fingerprint density at radius 3 is 2.28 bits per heavy atom. The Kier molecular flexibility index (Phi) is 5.85. The number of benzene rings is 3. The van der Waals surface area contributed by atoms with Crippen molar-refractivity contribution in [3.05, 3.63) is 83.9 Å². The molecule has 1 unspecified atom stereocenters. The second kappa shape index (κ2) is 8.28. The first-order valence-corrected chi connectivity index (χ1v) is 9.06. The van der Waals surface area contributed by atoms with Crippen LogP contribution in [0, 0.1) is 0 Å². The van der Waals surface area contributed by atoms with Gasteiger partial charge < -0.3 is 5.11 Å². The summed E-state index contributed by atoms with van der Waals surface area (Å²) in [5.41, 5.74) is 2.50. The third kappa shape index (κ3) is 4.68. The molecule has 0 heterocycles. The Morgan fingerprint density at radius 1 is 0.840 bits per heavy atom. The summed E-state index contributed by atoms with van der Waals surface area (Å²) >= 11 is 0. The Hall–Kier alpha value is -2.16. The predicted octanol–water partition coefficient (Wildman–Crippen LogP) is 4.65. The largest absolute Gasteiger partial charge is 0.391 e. The zero-order valence-electron chi connectivity index (χ0n) is 15.1. The van der Waals surface area contributed by atoms with Gasteiger partial charge in [-0.1, -0.05) is 72.8 Å². The van der Waals surface area contributed by atoms with Gasteiger partial charge in [-0.05, 0) is 35.7 Å². The summed E-state index contributed by atoms with van der Waals surface area (Å²) in [7, 11) is 0. The third-order valence-electron chi connectivity index (χ3n) is 4.74. The summed E-state index contributed by atoms with van der Waals surface area (Å²) < 4.78 is 0. The van der Waals surface area contributed by atoms with E-state index >= 15 is 0 Å². The van der Waals surface area contributed by atoms with Gasteiger partial charge in [-0.2, -0.15) is 0 Å². The van der Waals surface area contributed by atoms with Crippen LogP contribution >= 0.6 is 0 Å². The van der Waals surface area contributed by atoms with E-state index in [1.54, 1.807) is 0 Å². The molecule has 1 atom stereocenters. The van der Waals surface area contributed by atoms with Crippen LogP contribution in [0.3, 0.4) is 0 Å². The first-order valence-electron chi connectivity index (χ1n) is 9.06. The van der Waals surface area contributed by atoms with Crippen LogP contribution in [0.1, 0.15) is 25.0 Å². The monoisotopic (exact) mass is 333 g/mol. The number of fused-ring (bicyclic) bond motifs is 1. The van der Waals surface area contributed by atoms with Crippen molar-refractivity contribution in [3.63, 3.8) is 0 Å². The van der Waals surface area contributed by atoms with Gasteiger partial charge in [0.1, 0.15) is 0 Å². The van der Waals surface area contributed by atoms with E-state index in [2.05, 4.69) is 85.5 Å². The molecular formula is C23H27NO. The maximum Gasteiger partial charge on any atom is 0.0707 e. The van der Waals surface area contributed by atoms with E-state index in [-0.39, 0.29) is 6.10 Å². The van der Waals surface area contributed by atoms with Crippen molar-refractivity contribution < 1.29 is 5.11 Å². The minimum atomic E-state index is -0.378. The van der Waals surface area contributed by atoms with Gasteiger partial charge in [-0.15, -0.1) is 0 Å². The van der Waals surface area contributed by atoms with Crippen LogP contribution < -0.4 is 0 Å². The zero-order chi connectivity index (χ0) is 17.6. The van der Waals surface area contributed by atoms with Crippen molar-refractivity contribution in [1.82, 2.24) is 4.90 Å². The molecule has 0 radical (unpaired) electrons. The molecule has 3 aromatic rings. The molecule has 3 rings (SSSR count). The van der Waals surface area contributed by atoms with Gasteiger partial charge >= 0.3 is 0 Å². The number of hydrogen-bond acceptors (Lipinski definition) is 2. The number of nitrogens with zero attached hydrogens (tertiary/aromatic N) is 1. The van der Waals surface area contributed by atoms with Gasteiger partial charge in [0.05, 0.1) is 6.10 Å². The number of aliphatic hydroxyl groups excluding tert-OH is 1. The fourth-order valence-corrected chi connectivity index (χ4v) is 3.34. The number of aliphatic hydroxyl groups is 1. The Balaban J connectivity index is 1.70. The molecule has 25 heavy (non-hydrogen) atoms. The van der Waals surface area contributed by atoms with E-state index in [1.165, 1.54) is 21.9 Å². The molecule has 2 nitrogen and oxygen atoms in total. The van der Waals surface area contributed by atoms with Crippen molar-refractivity contribution in [2.45, 2.75) is 39.0 Å². The van der Waals surface area contributed by atoms with E-state index in [4.69, 9.17) is 0 Å². The summed E-state index contributed by atoms with van der Waals surface area (Å²) in [6, 6.07) is 25.6. The summed E-state index contributed by atoms with van der Waals surface area (Å²) in [4.78, 5) is 2.34. The second-order valence-electron chi connectivity index (χ2n) is 7.01. The van der Waals surface area contributed by atoms with Crippen LogP contribution in [-0.4, -0.2) is 28.7 Å². The summed E-state index contributed by atoms with van der Waals surface area (Å²) in [6.07, 6.45) is 0.302. The maximum atomic E-state index is 10.7. The van der Waals surface area contributed by atoms with E-state index < -0.39 is 0 Å². The molecule has 0 saturated carbocycles. The molecule has 0 aliphatic rings. The fraction of sp³-hybridized carbons (Fsp3) is 0.304. The Labute approximate surface area is 150 Å². The van der Waals surface area contributed by atoms with Gasteiger partial charge in [0.25, 0.3) is 0 Å². The van der Waals surface area contributed by atoms with Gasteiger partial charge in [0.2, 0.25) is 0 Å². The molecule has 0 spiro atoms. The molecule has 0 aromatic heterocycles. The fourth-order valence-electron chi connectivity index (χ4n) is 3.34. The second-order valence-corrected chi connectivity index (χ2v) is 7.01. The highest BCUT2D eigenvalue weighted by molar-refractivity contribution is 5.85. The number of hydrogen-bond donors (Lipinski definition) is 1. The summed E-state index contributed by atoms with van der Waals surface area (Å²) in [5, 5.41) is 13.2. The molecule has 2 heteroatoms. The molecule has 0 fully saturated rings. The lowest BCUT2D eigenvalue weighted by Crippen LogP contribution is -2.37. The highest BCUT2D eigenvalue weighted by Crippen LogP contribution is 2.20. The highest BCUT2D eigenvalue weighted by Gasteiger charge is 2.16.